The van der Waals surface area contributed by atoms with Gasteiger partial charge >= 0.3 is 5.97 Å². The third-order valence-corrected chi connectivity index (χ3v) is 12.6. The predicted molar refractivity (Wildman–Crippen MR) is 260 cm³/mol. The number of aliphatic hydroxyl groups is 2. The summed E-state index contributed by atoms with van der Waals surface area (Å²) in [6.45, 7) is 6.50. The lowest BCUT2D eigenvalue weighted by molar-refractivity contribution is -0.151. The Morgan fingerprint density at radius 1 is 0.467 bits per heavy atom. The fraction of sp³-hybridized carbons (Fsp3) is 0.926. The van der Waals surface area contributed by atoms with Crippen LogP contribution in [0, 0.1) is 0 Å². The lowest BCUT2D eigenvalue weighted by atomic mass is 10.0. The van der Waals surface area contributed by atoms with E-state index in [4.69, 9.17) is 4.74 Å². The molecule has 0 spiro atoms. The van der Waals surface area contributed by atoms with Gasteiger partial charge in [-0.15, -0.1) is 0 Å². The highest BCUT2D eigenvalue weighted by Gasteiger charge is 2.24. The molecule has 3 atom stereocenters. The van der Waals surface area contributed by atoms with Crippen LogP contribution in [-0.2, 0) is 14.3 Å². The topological polar surface area (TPSA) is 95.9 Å². The fourth-order valence-electron chi connectivity index (χ4n) is 8.49. The van der Waals surface area contributed by atoms with E-state index in [1.165, 1.54) is 205 Å². The smallest absolute Gasteiger partial charge is 0.306 e. The van der Waals surface area contributed by atoms with Crippen LogP contribution in [0.15, 0.2) is 12.2 Å². The van der Waals surface area contributed by atoms with Crippen molar-refractivity contribution in [3.63, 3.8) is 0 Å². The first-order chi connectivity index (χ1) is 29.5. The van der Waals surface area contributed by atoms with Crippen LogP contribution in [0.2, 0.25) is 0 Å². The van der Waals surface area contributed by atoms with Crippen LogP contribution in [0.25, 0.3) is 0 Å². The first kappa shape index (κ1) is 58.6. The van der Waals surface area contributed by atoms with Gasteiger partial charge in [0.1, 0.15) is 6.10 Å². The van der Waals surface area contributed by atoms with E-state index in [2.05, 4.69) is 38.2 Å². The number of ether oxygens (including phenoxy) is 1. The van der Waals surface area contributed by atoms with Crippen molar-refractivity contribution >= 4 is 11.9 Å². The first-order valence-corrected chi connectivity index (χ1v) is 26.9. The van der Waals surface area contributed by atoms with Gasteiger partial charge in [0, 0.05) is 6.42 Å². The van der Waals surface area contributed by atoms with Crippen molar-refractivity contribution in [1.29, 1.82) is 0 Å². The Labute approximate surface area is 374 Å². The minimum absolute atomic E-state index is 0.0832. The molecule has 0 saturated carbocycles. The predicted octanol–water partition coefficient (Wildman–Crippen LogP) is 16.1. The van der Waals surface area contributed by atoms with Crippen LogP contribution in [-0.4, -0.2) is 46.9 Å². The van der Waals surface area contributed by atoms with E-state index < -0.39 is 18.2 Å². The molecule has 0 saturated heterocycles. The van der Waals surface area contributed by atoms with Gasteiger partial charge in [0.25, 0.3) is 0 Å². The number of amides is 1. The van der Waals surface area contributed by atoms with Gasteiger partial charge in [-0.25, -0.2) is 0 Å². The number of hydrogen-bond acceptors (Lipinski definition) is 5. The number of carbonyl (C=O) groups excluding carboxylic acids is 2. The van der Waals surface area contributed by atoms with Gasteiger partial charge < -0.3 is 20.3 Å². The summed E-state index contributed by atoms with van der Waals surface area (Å²) in [4.78, 5) is 26.2. The second kappa shape index (κ2) is 48.6. The molecular weight excluding hydrogens is 743 g/mol. The zero-order chi connectivity index (χ0) is 43.8. The third kappa shape index (κ3) is 43.3. The van der Waals surface area contributed by atoms with Crippen LogP contribution in [0.3, 0.4) is 0 Å². The van der Waals surface area contributed by atoms with Gasteiger partial charge in [0.2, 0.25) is 5.91 Å². The molecule has 0 aliphatic carbocycles. The zero-order valence-corrected chi connectivity index (χ0v) is 40.6. The number of rotatable bonds is 49. The molecule has 1 amide bonds. The van der Waals surface area contributed by atoms with Gasteiger partial charge in [-0.3, -0.25) is 9.59 Å². The molecule has 0 aliphatic rings. The molecule has 6 heteroatoms. The van der Waals surface area contributed by atoms with E-state index in [9.17, 15) is 19.8 Å². The molecule has 3 N–H and O–H groups in total. The summed E-state index contributed by atoms with van der Waals surface area (Å²) in [7, 11) is 0. The summed E-state index contributed by atoms with van der Waals surface area (Å²) in [6.07, 6.45) is 54.1. The maximum absolute atomic E-state index is 13.2. The Hall–Kier alpha value is -1.40. The Kier molecular flexibility index (Phi) is 47.5. The molecule has 0 aliphatic heterocycles. The molecule has 0 heterocycles. The molecule has 0 aromatic carbocycles. The number of unbranched alkanes of at least 4 members (excludes halogenated alkanes) is 35. The maximum Gasteiger partial charge on any atom is 0.306 e. The highest BCUT2D eigenvalue weighted by molar-refractivity contribution is 5.77. The molecule has 6 nitrogen and oxygen atoms in total. The van der Waals surface area contributed by atoms with Gasteiger partial charge in [0.05, 0.1) is 25.2 Å². The van der Waals surface area contributed by atoms with E-state index in [1.54, 1.807) is 0 Å². The molecule has 0 bridgehead atoms. The lowest BCUT2D eigenvalue weighted by Gasteiger charge is -2.24. The van der Waals surface area contributed by atoms with E-state index in [1.807, 2.05) is 0 Å². The summed E-state index contributed by atoms with van der Waals surface area (Å²) in [6, 6.07) is -0.695. The summed E-state index contributed by atoms with van der Waals surface area (Å²) in [5, 5.41) is 23.8. The molecule has 60 heavy (non-hydrogen) atoms. The van der Waals surface area contributed by atoms with Gasteiger partial charge in [-0.2, -0.15) is 0 Å². The van der Waals surface area contributed by atoms with Crippen molar-refractivity contribution < 1.29 is 24.5 Å². The van der Waals surface area contributed by atoms with E-state index in [0.29, 0.717) is 19.3 Å². The van der Waals surface area contributed by atoms with Crippen LogP contribution >= 0.6 is 0 Å². The number of aliphatic hydroxyl groups excluding tert-OH is 2. The average Bonchev–Trinajstić information content (AvgIpc) is 3.24. The standard InChI is InChI=1S/C54H105NO5/c1-4-7-10-13-16-19-22-25-26-27-28-29-32-35-38-41-44-47-54(59)60-50(45-42-39-36-33-30-23-20-17-14-11-8-5-2)48-53(58)55-51(49-56)52(57)46-43-40-37-34-31-24-21-18-15-12-9-6-3/h25-26,50-52,56-57H,4-24,27-49H2,1-3H3,(H,55,58)/b26-25+. The normalized spacial score (nSPS) is 13.2. The lowest BCUT2D eigenvalue weighted by Crippen LogP contribution is -2.46. The second-order valence-electron chi connectivity index (χ2n) is 18.6. The van der Waals surface area contributed by atoms with Crippen LogP contribution < -0.4 is 5.32 Å². The highest BCUT2D eigenvalue weighted by Crippen LogP contribution is 2.18. The Morgan fingerprint density at radius 2 is 0.800 bits per heavy atom. The van der Waals surface area contributed by atoms with Gasteiger partial charge in [-0.1, -0.05) is 245 Å². The van der Waals surface area contributed by atoms with Crippen LogP contribution in [0.5, 0.6) is 0 Å². The Bertz CT molecular complexity index is 909. The molecule has 0 radical (unpaired) electrons. The number of allylic oxidation sites excluding steroid dienone is 2. The summed E-state index contributed by atoms with van der Waals surface area (Å²) in [5.74, 6) is -0.460. The van der Waals surface area contributed by atoms with Gasteiger partial charge in [0.15, 0.2) is 0 Å². The SMILES string of the molecule is CCCCCCCC/C=C/CCCCCCCCCC(=O)OC(CCCCCCCCCCCCCC)CC(=O)NC(CO)C(O)CCCCCCCCCCCCCC. The first-order valence-electron chi connectivity index (χ1n) is 26.9. The summed E-state index contributed by atoms with van der Waals surface area (Å²) in [5.41, 5.74) is 0. The number of hydrogen-bond donors (Lipinski definition) is 3. The maximum atomic E-state index is 13.2. The minimum atomic E-state index is -0.782. The largest absolute Gasteiger partial charge is 0.462 e. The molecule has 0 fully saturated rings. The molecule has 0 rings (SSSR count). The minimum Gasteiger partial charge on any atom is -0.462 e. The Morgan fingerprint density at radius 3 is 1.18 bits per heavy atom. The van der Waals surface area contributed by atoms with Crippen molar-refractivity contribution in [3.05, 3.63) is 12.2 Å². The van der Waals surface area contributed by atoms with E-state index in [0.717, 1.165) is 44.9 Å². The third-order valence-electron chi connectivity index (χ3n) is 12.6. The van der Waals surface area contributed by atoms with Crippen molar-refractivity contribution in [2.75, 3.05) is 6.61 Å². The zero-order valence-electron chi connectivity index (χ0n) is 40.6. The average molecular weight is 848 g/mol. The number of carbonyl (C=O) groups is 2. The summed E-state index contributed by atoms with van der Waals surface area (Å²) < 4.78 is 5.94. The van der Waals surface area contributed by atoms with Crippen LogP contribution in [0.4, 0.5) is 0 Å². The van der Waals surface area contributed by atoms with E-state index in [-0.39, 0.29) is 24.9 Å². The second-order valence-corrected chi connectivity index (χ2v) is 18.6. The number of nitrogens with one attached hydrogen (secondary N) is 1. The molecule has 356 valence electrons. The Balaban J connectivity index is 4.49. The van der Waals surface area contributed by atoms with E-state index >= 15 is 0 Å². The monoisotopic (exact) mass is 848 g/mol. The van der Waals surface area contributed by atoms with Crippen molar-refractivity contribution in [2.45, 2.75) is 315 Å². The molecule has 0 aromatic heterocycles. The van der Waals surface area contributed by atoms with Crippen molar-refractivity contribution in [1.82, 2.24) is 5.32 Å². The van der Waals surface area contributed by atoms with Crippen LogP contribution in [0.1, 0.15) is 297 Å². The number of esters is 1. The quantitative estimate of drug-likeness (QED) is 0.0322. The highest BCUT2D eigenvalue weighted by atomic mass is 16.5. The van der Waals surface area contributed by atoms with Crippen molar-refractivity contribution in [3.8, 4) is 0 Å². The fourth-order valence-corrected chi connectivity index (χ4v) is 8.49. The van der Waals surface area contributed by atoms with Crippen molar-refractivity contribution in [2.24, 2.45) is 0 Å². The molecule has 0 aromatic rings. The molecule has 3 unspecified atom stereocenters. The molecular formula is C54H105NO5. The summed E-state index contributed by atoms with van der Waals surface area (Å²) >= 11 is 0. The van der Waals surface area contributed by atoms with Gasteiger partial charge in [-0.05, 0) is 51.4 Å².